The first kappa shape index (κ1) is 36.5. The Balaban J connectivity index is 0.0000137. The number of rotatable bonds is 23. The van der Waals surface area contributed by atoms with E-state index in [2.05, 4.69) is 41.8 Å². The number of halogens is 1. The van der Waals surface area contributed by atoms with E-state index in [4.69, 9.17) is 9.47 Å². The van der Waals surface area contributed by atoms with Crippen LogP contribution in [0.2, 0.25) is 0 Å². The number of benzene rings is 1. The smallest absolute Gasteiger partial charge is 0.246 e. The van der Waals surface area contributed by atoms with E-state index < -0.39 is 5.54 Å². The van der Waals surface area contributed by atoms with Crippen molar-refractivity contribution in [3.63, 3.8) is 0 Å². The van der Waals surface area contributed by atoms with Crippen LogP contribution in [0, 0.1) is 0 Å². The van der Waals surface area contributed by atoms with Crippen molar-refractivity contribution in [1.82, 2.24) is 10.6 Å². The summed E-state index contributed by atoms with van der Waals surface area (Å²) in [7, 11) is 0. The molecule has 38 heavy (non-hydrogen) atoms. The van der Waals surface area contributed by atoms with Crippen LogP contribution in [-0.4, -0.2) is 62.0 Å². The lowest BCUT2D eigenvalue weighted by Crippen LogP contribution is -3.00. The highest BCUT2D eigenvalue weighted by molar-refractivity contribution is 5.78. The topological polar surface area (TPSA) is 96.9 Å². The maximum atomic E-state index is 12.5. The molecule has 0 aliphatic carbocycles. The van der Waals surface area contributed by atoms with Crippen LogP contribution in [0.25, 0.3) is 0 Å². The molecule has 0 bridgehead atoms. The molecule has 220 valence electrons. The number of carbonyl (C=O) groups excluding carboxylic acids is 2. The largest absolute Gasteiger partial charge is 1.00 e. The van der Waals surface area contributed by atoms with Crippen LogP contribution in [-0.2, 0) is 31.9 Å². The second-order valence-electron chi connectivity index (χ2n) is 9.94. The molecule has 0 aromatic heterocycles. The zero-order valence-electron chi connectivity index (χ0n) is 24.0. The Morgan fingerprint density at radius 1 is 0.816 bits per heavy atom. The van der Waals surface area contributed by atoms with Gasteiger partial charge in [-0.25, -0.2) is 0 Å². The molecule has 3 N–H and O–H groups in total. The summed E-state index contributed by atoms with van der Waals surface area (Å²) in [5, 5.41) is 15.9. The third-order valence-corrected chi connectivity index (χ3v) is 6.77. The Labute approximate surface area is 241 Å². The fraction of sp³-hybridized carbons (Fsp3) is 0.733. The molecule has 7 nitrogen and oxygen atoms in total. The molecule has 0 saturated heterocycles. The Hall–Kier alpha value is -1.48. The summed E-state index contributed by atoms with van der Waals surface area (Å²) in [4.78, 5) is 23.8. The van der Waals surface area contributed by atoms with E-state index >= 15 is 0 Å². The highest BCUT2D eigenvalue weighted by Gasteiger charge is 2.29. The molecular weight excluding hydrogens is 548 g/mol. The van der Waals surface area contributed by atoms with Gasteiger partial charge in [-0.1, -0.05) is 77.1 Å². The Morgan fingerprint density at radius 3 is 2.08 bits per heavy atom. The molecule has 1 aromatic carbocycles. The Kier molecular flexibility index (Phi) is 22.5. The normalized spacial score (nSPS) is 12.4. The number of aliphatic hydroxyl groups excluding tert-OH is 1. The van der Waals surface area contributed by atoms with Crippen LogP contribution >= 0.6 is 0 Å². The van der Waals surface area contributed by atoms with Crippen LogP contribution in [0.4, 0.5) is 0 Å². The molecule has 0 fully saturated rings. The number of aliphatic hydroxyl groups is 1. The first-order valence-corrected chi connectivity index (χ1v) is 14.4. The van der Waals surface area contributed by atoms with Crippen LogP contribution in [0.3, 0.4) is 0 Å². The number of amides is 2. The quantitative estimate of drug-likeness (QED) is 0.166. The van der Waals surface area contributed by atoms with Crippen molar-refractivity contribution in [1.29, 1.82) is 0 Å². The maximum Gasteiger partial charge on any atom is 0.246 e. The molecule has 8 heteroatoms. The molecule has 0 heterocycles. The Morgan fingerprint density at radius 2 is 1.45 bits per heavy atom. The van der Waals surface area contributed by atoms with Crippen molar-refractivity contribution < 1.29 is 41.2 Å². The predicted molar refractivity (Wildman–Crippen MR) is 150 cm³/mol. The molecule has 1 unspecified atom stereocenters. The van der Waals surface area contributed by atoms with Crippen molar-refractivity contribution in [3.05, 3.63) is 35.4 Å². The second-order valence-corrected chi connectivity index (χ2v) is 9.94. The van der Waals surface area contributed by atoms with E-state index in [1.807, 2.05) is 13.8 Å². The molecule has 0 aliphatic rings. The van der Waals surface area contributed by atoms with Gasteiger partial charge in [0.05, 0.1) is 32.0 Å². The fourth-order valence-corrected chi connectivity index (χ4v) is 4.22. The van der Waals surface area contributed by atoms with Gasteiger partial charge in [-0.2, -0.15) is 0 Å². The van der Waals surface area contributed by atoms with Gasteiger partial charge in [-0.05, 0) is 49.7 Å². The van der Waals surface area contributed by atoms with Gasteiger partial charge in [0.2, 0.25) is 11.8 Å². The number of carbonyl (C=O) groups is 2. The molecule has 2 amide bonds. The molecule has 0 saturated carbocycles. The van der Waals surface area contributed by atoms with Gasteiger partial charge in [-0.15, -0.1) is 0 Å². The molecule has 0 aliphatic heterocycles. The number of unbranched alkanes of at least 4 members (excludes halogenated alkanes) is 5. The predicted octanol–water partition coefficient (Wildman–Crippen LogP) is 1.73. The lowest BCUT2D eigenvalue weighted by atomic mass is 9.89. The van der Waals surface area contributed by atoms with Gasteiger partial charge < -0.3 is 42.2 Å². The Bertz CT molecular complexity index is 726. The zero-order chi connectivity index (χ0) is 27.2. The highest BCUT2D eigenvalue weighted by Crippen LogP contribution is 2.19. The zero-order valence-corrected chi connectivity index (χ0v) is 25.6. The van der Waals surface area contributed by atoms with Crippen molar-refractivity contribution in [2.24, 2.45) is 0 Å². The fourth-order valence-electron chi connectivity index (χ4n) is 4.22. The molecule has 0 spiro atoms. The summed E-state index contributed by atoms with van der Waals surface area (Å²) in [5.74, 6) is -0.208. The standard InChI is InChI=1S/C30H52N2O5.BrH/c1-4-7-8-9-10-11-13-26-14-16-27(17-15-26)18-19-30(6-3,25-33)32-29(35)24-37-23-22-36-21-20-31-28(34)12-5-2;/h14-17,33H,4-13,18-25H2,1-3H3,(H,31,34)(H,32,35);1H/p-1. The van der Waals surface area contributed by atoms with Crippen molar-refractivity contribution in [2.75, 3.05) is 39.6 Å². The van der Waals surface area contributed by atoms with Crippen LogP contribution in [0.5, 0.6) is 0 Å². The van der Waals surface area contributed by atoms with Gasteiger partial charge in [0.25, 0.3) is 0 Å². The number of ether oxygens (including phenoxy) is 2. The number of aryl methyl sites for hydroxylation is 2. The van der Waals surface area contributed by atoms with Crippen molar-refractivity contribution >= 4 is 11.8 Å². The summed E-state index contributed by atoms with van der Waals surface area (Å²) in [6.07, 6.45) is 12.4. The van der Waals surface area contributed by atoms with E-state index in [1.165, 1.54) is 49.7 Å². The second kappa shape index (κ2) is 23.4. The van der Waals surface area contributed by atoms with E-state index in [-0.39, 0.29) is 42.0 Å². The SMILES string of the molecule is CCCCCCCCc1ccc(CCC(CC)(CO)NC(=O)COCCOCCNC(=O)CCC)cc1.[Br-]. The van der Waals surface area contributed by atoms with Gasteiger partial charge in [0.1, 0.15) is 6.61 Å². The van der Waals surface area contributed by atoms with E-state index in [1.54, 1.807) is 0 Å². The minimum Gasteiger partial charge on any atom is -1.00 e. The van der Waals surface area contributed by atoms with E-state index in [9.17, 15) is 14.7 Å². The molecule has 0 radical (unpaired) electrons. The molecular formula is C30H52BrN2O5-. The maximum absolute atomic E-state index is 12.5. The number of hydrogen-bond acceptors (Lipinski definition) is 5. The van der Waals surface area contributed by atoms with Gasteiger partial charge in [0, 0.05) is 13.0 Å². The minimum absolute atomic E-state index is 0. The molecule has 1 rings (SSSR count). The van der Waals surface area contributed by atoms with Crippen molar-refractivity contribution in [3.8, 4) is 0 Å². The van der Waals surface area contributed by atoms with Gasteiger partial charge >= 0.3 is 0 Å². The molecule has 1 atom stereocenters. The van der Waals surface area contributed by atoms with Gasteiger partial charge in [0.15, 0.2) is 0 Å². The van der Waals surface area contributed by atoms with Crippen LogP contribution in [0.15, 0.2) is 24.3 Å². The lowest BCUT2D eigenvalue weighted by molar-refractivity contribution is -0.129. The van der Waals surface area contributed by atoms with E-state index in [0.29, 0.717) is 45.6 Å². The summed E-state index contributed by atoms with van der Waals surface area (Å²) in [5.41, 5.74) is 1.93. The lowest BCUT2D eigenvalue weighted by Gasteiger charge is -2.32. The first-order valence-electron chi connectivity index (χ1n) is 14.4. The number of hydrogen-bond donors (Lipinski definition) is 3. The average Bonchev–Trinajstić information content (AvgIpc) is 2.91. The first-order chi connectivity index (χ1) is 18.0. The van der Waals surface area contributed by atoms with Crippen LogP contribution < -0.4 is 27.6 Å². The molecule has 1 aromatic rings. The van der Waals surface area contributed by atoms with E-state index in [0.717, 1.165) is 19.3 Å². The highest BCUT2D eigenvalue weighted by atomic mass is 79.9. The summed E-state index contributed by atoms with van der Waals surface area (Å²) >= 11 is 0. The summed E-state index contributed by atoms with van der Waals surface area (Å²) in [6, 6.07) is 8.76. The summed E-state index contributed by atoms with van der Waals surface area (Å²) < 4.78 is 10.8. The number of nitrogens with one attached hydrogen (secondary N) is 2. The van der Waals surface area contributed by atoms with Crippen molar-refractivity contribution in [2.45, 2.75) is 103 Å². The monoisotopic (exact) mass is 599 g/mol. The minimum atomic E-state index is -0.662. The third kappa shape index (κ3) is 17.2. The average molecular weight is 601 g/mol. The third-order valence-electron chi connectivity index (χ3n) is 6.77. The van der Waals surface area contributed by atoms with Gasteiger partial charge in [-0.3, -0.25) is 9.59 Å². The summed E-state index contributed by atoms with van der Waals surface area (Å²) in [6.45, 7) is 7.52. The van der Waals surface area contributed by atoms with Crippen LogP contribution in [0.1, 0.15) is 96.1 Å².